The first-order valence-corrected chi connectivity index (χ1v) is 9.76. The molecule has 2 aromatic carbocycles. The molecule has 3 rings (SSSR count). The number of nitrogens with zero attached hydrogens (tertiary/aromatic N) is 2. The molecular weight excluding hydrogens is 314 g/mol. The molecule has 0 aliphatic heterocycles. The van der Waals surface area contributed by atoms with Gasteiger partial charge in [-0.3, -0.25) is 0 Å². The van der Waals surface area contributed by atoms with E-state index in [0.29, 0.717) is 6.04 Å². The number of benzene rings is 2. The van der Waals surface area contributed by atoms with Crippen molar-refractivity contribution in [3.05, 3.63) is 54.4 Å². The molecule has 0 fully saturated rings. The Labute approximate surface area is 148 Å². The molecule has 4 heteroatoms. The van der Waals surface area contributed by atoms with Crippen molar-refractivity contribution in [2.75, 3.05) is 11.2 Å². The summed E-state index contributed by atoms with van der Waals surface area (Å²) in [6.45, 7) is 5.49. The molecule has 1 aromatic heterocycles. The van der Waals surface area contributed by atoms with Crippen molar-refractivity contribution >= 4 is 28.5 Å². The molecule has 3 nitrogen and oxygen atoms in total. The first-order valence-electron chi connectivity index (χ1n) is 8.54. The van der Waals surface area contributed by atoms with Crippen molar-refractivity contribution in [1.29, 1.82) is 0 Å². The van der Waals surface area contributed by atoms with Gasteiger partial charge in [0.15, 0.2) is 0 Å². The second-order valence-electron chi connectivity index (χ2n) is 6.22. The van der Waals surface area contributed by atoms with Crippen molar-refractivity contribution in [2.45, 2.75) is 44.2 Å². The lowest BCUT2D eigenvalue weighted by atomic mass is 10.1. The molecule has 1 N–H and O–H groups in total. The van der Waals surface area contributed by atoms with Gasteiger partial charge < -0.3 is 9.88 Å². The second-order valence-corrected chi connectivity index (χ2v) is 7.10. The fourth-order valence-electron chi connectivity index (χ4n) is 3.10. The molecular formula is C20H25N3S. The Morgan fingerprint density at radius 3 is 2.67 bits per heavy atom. The van der Waals surface area contributed by atoms with E-state index >= 15 is 0 Å². The lowest BCUT2D eigenvalue weighted by Gasteiger charge is -2.31. The number of aromatic nitrogens is 2. The molecule has 126 valence electrons. The number of imidazole rings is 1. The van der Waals surface area contributed by atoms with E-state index in [1.807, 2.05) is 0 Å². The van der Waals surface area contributed by atoms with Crippen LogP contribution in [-0.2, 0) is 6.54 Å². The zero-order valence-corrected chi connectivity index (χ0v) is 15.4. The Balaban J connectivity index is 1.89. The van der Waals surface area contributed by atoms with Gasteiger partial charge in [0.05, 0.1) is 17.4 Å². The Hall–Kier alpha value is -1.94. The number of nitrogens with one attached hydrogen (secondary N) is 1. The first kappa shape index (κ1) is 16.9. The predicted octanol–water partition coefficient (Wildman–Crippen LogP) is 5.48. The maximum atomic E-state index is 4.41. The third-order valence-electron chi connectivity index (χ3n) is 4.49. The maximum Gasteiger partial charge on any atom is 0.0931 e. The zero-order valence-electron chi connectivity index (χ0n) is 14.6. The number of hydrogen-bond acceptors (Lipinski definition) is 3. The Kier molecular flexibility index (Phi) is 5.46. The van der Waals surface area contributed by atoms with Crippen molar-refractivity contribution in [3.8, 4) is 0 Å². The van der Waals surface area contributed by atoms with Gasteiger partial charge in [0.1, 0.15) is 0 Å². The molecule has 0 saturated carbocycles. The highest BCUT2D eigenvalue weighted by Crippen LogP contribution is 2.26. The summed E-state index contributed by atoms with van der Waals surface area (Å²) in [6.07, 6.45) is 6.24. The van der Waals surface area contributed by atoms with Gasteiger partial charge in [-0.1, -0.05) is 25.5 Å². The van der Waals surface area contributed by atoms with Crippen LogP contribution < -0.4 is 4.90 Å². The highest BCUT2D eigenvalue weighted by molar-refractivity contribution is 7.98. The summed E-state index contributed by atoms with van der Waals surface area (Å²) in [7, 11) is 0. The molecule has 0 radical (unpaired) electrons. The summed E-state index contributed by atoms with van der Waals surface area (Å²) in [5.74, 6) is 0. The van der Waals surface area contributed by atoms with E-state index in [9.17, 15) is 0 Å². The van der Waals surface area contributed by atoms with Gasteiger partial charge in [-0.2, -0.15) is 0 Å². The molecule has 24 heavy (non-hydrogen) atoms. The zero-order chi connectivity index (χ0) is 16.9. The number of fused-ring (bicyclic) bond motifs is 1. The number of anilines is 1. The topological polar surface area (TPSA) is 31.9 Å². The molecule has 0 aliphatic carbocycles. The van der Waals surface area contributed by atoms with E-state index < -0.39 is 0 Å². The molecule has 0 spiro atoms. The number of H-pyrrole nitrogens is 1. The summed E-state index contributed by atoms with van der Waals surface area (Å²) in [5, 5.41) is 0. The van der Waals surface area contributed by atoms with Gasteiger partial charge in [-0.15, -0.1) is 11.8 Å². The fourth-order valence-corrected chi connectivity index (χ4v) is 3.51. The Morgan fingerprint density at radius 2 is 1.96 bits per heavy atom. The van der Waals surface area contributed by atoms with Gasteiger partial charge in [-0.05, 0) is 55.5 Å². The highest BCUT2D eigenvalue weighted by atomic mass is 32.2. The summed E-state index contributed by atoms with van der Waals surface area (Å²) in [5.41, 5.74) is 4.70. The minimum absolute atomic E-state index is 0.492. The SMILES string of the molecule is CCCC(C)N(Cc1ccc(SC)cc1)c1ccc2[nH]cnc2c1. The maximum absolute atomic E-state index is 4.41. The normalized spacial score (nSPS) is 12.5. The van der Waals surface area contributed by atoms with Crippen LogP contribution in [0.4, 0.5) is 5.69 Å². The van der Waals surface area contributed by atoms with Gasteiger partial charge in [0, 0.05) is 23.2 Å². The van der Waals surface area contributed by atoms with Gasteiger partial charge in [0.2, 0.25) is 0 Å². The third-order valence-corrected chi connectivity index (χ3v) is 5.23. The minimum atomic E-state index is 0.492. The second kappa shape index (κ2) is 7.75. The van der Waals surface area contributed by atoms with Gasteiger partial charge in [0.25, 0.3) is 0 Å². The van der Waals surface area contributed by atoms with Crippen LogP contribution in [0.2, 0.25) is 0 Å². The molecule has 1 unspecified atom stereocenters. The van der Waals surface area contributed by atoms with Crippen molar-refractivity contribution in [1.82, 2.24) is 9.97 Å². The van der Waals surface area contributed by atoms with Crippen LogP contribution in [0.1, 0.15) is 32.3 Å². The van der Waals surface area contributed by atoms with E-state index in [0.717, 1.165) is 17.6 Å². The van der Waals surface area contributed by atoms with Crippen LogP contribution in [-0.4, -0.2) is 22.3 Å². The molecule has 0 saturated heterocycles. The van der Waals surface area contributed by atoms with E-state index in [-0.39, 0.29) is 0 Å². The smallest absolute Gasteiger partial charge is 0.0931 e. The molecule has 0 aliphatic rings. The molecule has 1 heterocycles. The van der Waals surface area contributed by atoms with Crippen LogP contribution in [0.3, 0.4) is 0 Å². The Bertz CT molecular complexity index is 779. The Morgan fingerprint density at radius 1 is 1.17 bits per heavy atom. The van der Waals surface area contributed by atoms with Gasteiger partial charge in [-0.25, -0.2) is 4.98 Å². The molecule has 0 amide bonds. The largest absolute Gasteiger partial charge is 0.364 e. The lowest BCUT2D eigenvalue weighted by Crippen LogP contribution is -2.32. The average molecular weight is 340 g/mol. The van der Waals surface area contributed by atoms with E-state index in [1.54, 1.807) is 18.1 Å². The number of hydrogen-bond donors (Lipinski definition) is 1. The summed E-state index contributed by atoms with van der Waals surface area (Å²) < 4.78 is 0. The van der Waals surface area contributed by atoms with Gasteiger partial charge >= 0.3 is 0 Å². The molecule has 0 bridgehead atoms. The van der Waals surface area contributed by atoms with Crippen molar-refractivity contribution in [3.63, 3.8) is 0 Å². The molecule has 3 aromatic rings. The standard InChI is InChI=1S/C20H25N3S/c1-4-5-15(2)23(13-16-6-9-18(24-3)10-7-16)17-8-11-19-20(12-17)22-14-21-19/h6-12,14-15H,4-5,13H2,1-3H3,(H,21,22). The summed E-state index contributed by atoms with van der Waals surface area (Å²) in [4.78, 5) is 11.4. The third kappa shape index (κ3) is 3.75. The van der Waals surface area contributed by atoms with E-state index in [2.05, 4.69) is 77.4 Å². The number of thioether (sulfide) groups is 1. The number of rotatable bonds is 7. The average Bonchev–Trinajstić information content (AvgIpc) is 3.08. The van der Waals surface area contributed by atoms with Crippen LogP contribution in [0, 0.1) is 0 Å². The van der Waals surface area contributed by atoms with Crippen LogP contribution in [0.25, 0.3) is 11.0 Å². The summed E-state index contributed by atoms with van der Waals surface area (Å²) >= 11 is 1.78. The van der Waals surface area contributed by atoms with Crippen LogP contribution in [0.15, 0.2) is 53.7 Å². The highest BCUT2D eigenvalue weighted by Gasteiger charge is 2.15. The quantitative estimate of drug-likeness (QED) is 0.578. The van der Waals surface area contributed by atoms with Crippen molar-refractivity contribution < 1.29 is 0 Å². The fraction of sp³-hybridized carbons (Fsp3) is 0.350. The van der Waals surface area contributed by atoms with Crippen LogP contribution in [0.5, 0.6) is 0 Å². The predicted molar refractivity (Wildman–Crippen MR) is 105 cm³/mol. The number of aromatic amines is 1. The summed E-state index contributed by atoms with van der Waals surface area (Å²) in [6, 6.07) is 15.9. The van der Waals surface area contributed by atoms with E-state index in [4.69, 9.17) is 0 Å². The van der Waals surface area contributed by atoms with Crippen molar-refractivity contribution in [2.24, 2.45) is 0 Å². The van der Waals surface area contributed by atoms with E-state index in [1.165, 1.54) is 29.0 Å². The lowest BCUT2D eigenvalue weighted by molar-refractivity contribution is 0.579. The van der Waals surface area contributed by atoms with Crippen LogP contribution >= 0.6 is 11.8 Å². The first-order chi connectivity index (χ1) is 11.7. The monoisotopic (exact) mass is 339 g/mol. The minimum Gasteiger partial charge on any atom is -0.364 e. The molecule has 1 atom stereocenters.